The third-order valence-electron chi connectivity index (χ3n) is 4.03. The molecule has 4 nitrogen and oxygen atoms in total. The van der Waals surface area contributed by atoms with Gasteiger partial charge in [0.05, 0.1) is 6.42 Å². The third-order valence-corrected chi connectivity index (χ3v) is 4.03. The van der Waals surface area contributed by atoms with Crippen molar-refractivity contribution in [2.24, 2.45) is 5.92 Å². The van der Waals surface area contributed by atoms with Gasteiger partial charge in [-0.15, -0.1) is 0 Å². The summed E-state index contributed by atoms with van der Waals surface area (Å²) in [5, 5.41) is 11.7. The van der Waals surface area contributed by atoms with Gasteiger partial charge in [-0.1, -0.05) is 32.0 Å². The lowest BCUT2D eigenvalue weighted by Gasteiger charge is -2.19. The Bertz CT molecular complexity index is 537. The summed E-state index contributed by atoms with van der Waals surface area (Å²) in [6.45, 7) is 3.58. The molecular weight excluding hydrogens is 266 g/mol. The molecule has 114 valence electrons. The lowest BCUT2D eigenvalue weighted by atomic mass is 9.90. The van der Waals surface area contributed by atoms with Crippen LogP contribution < -0.4 is 5.32 Å². The minimum atomic E-state index is -0.983. The van der Waals surface area contributed by atoms with Gasteiger partial charge in [-0.25, -0.2) is 4.79 Å². The minimum Gasteiger partial charge on any atom is -0.480 e. The van der Waals surface area contributed by atoms with Gasteiger partial charge in [-0.05, 0) is 48.3 Å². The minimum absolute atomic E-state index is 0.130. The Labute approximate surface area is 125 Å². The van der Waals surface area contributed by atoms with E-state index in [2.05, 4.69) is 17.4 Å². The van der Waals surface area contributed by atoms with Crippen LogP contribution in [-0.4, -0.2) is 23.0 Å². The van der Waals surface area contributed by atoms with Crippen LogP contribution in [0.4, 0.5) is 0 Å². The van der Waals surface area contributed by atoms with Crippen molar-refractivity contribution in [3.05, 3.63) is 34.9 Å². The molecule has 1 aromatic rings. The zero-order chi connectivity index (χ0) is 15.4. The first-order chi connectivity index (χ1) is 9.97. The molecule has 2 rings (SSSR count). The van der Waals surface area contributed by atoms with E-state index in [1.165, 1.54) is 24.0 Å². The van der Waals surface area contributed by atoms with E-state index in [1.807, 2.05) is 6.07 Å². The molecule has 1 aliphatic rings. The first-order valence-corrected chi connectivity index (χ1v) is 7.60. The summed E-state index contributed by atoms with van der Waals surface area (Å²) in [5.74, 6) is -1.34. The van der Waals surface area contributed by atoms with Crippen molar-refractivity contribution in [1.29, 1.82) is 0 Å². The highest BCUT2D eigenvalue weighted by Gasteiger charge is 2.23. The molecule has 0 fully saturated rings. The summed E-state index contributed by atoms with van der Waals surface area (Å²) in [7, 11) is 0. The summed E-state index contributed by atoms with van der Waals surface area (Å²) in [6.07, 6.45) is 4.88. The van der Waals surface area contributed by atoms with Crippen molar-refractivity contribution < 1.29 is 14.7 Å². The summed E-state index contributed by atoms with van der Waals surface area (Å²) in [4.78, 5) is 23.1. The monoisotopic (exact) mass is 289 g/mol. The van der Waals surface area contributed by atoms with Gasteiger partial charge in [-0.3, -0.25) is 4.79 Å². The smallest absolute Gasteiger partial charge is 0.326 e. The zero-order valence-electron chi connectivity index (χ0n) is 12.7. The number of aryl methyl sites for hydroxylation is 2. The molecule has 4 heteroatoms. The largest absolute Gasteiger partial charge is 0.480 e. The second-order valence-corrected chi connectivity index (χ2v) is 6.11. The van der Waals surface area contributed by atoms with E-state index < -0.39 is 12.0 Å². The van der Waals surface area contributed by atoms with Crippen molar-refractivity contribution >= 4 is 11.9 Å². The van der Waals surface area contributed by atoms with Crippen LogP contribution in [0.2, 0.25) is 0 Å². The highest BCUT2D eigenvalue weighted by molar-refractivity contribution is 5.85. The van der Waals surface area contributed by atoms with Crippen LogP contribution in [0.25, 0.3) is 0 Å². The Morgan fingerprint density at radius 2 is 1.86 bits per heavy atom. The number of benzene rings is 1. The Kier molecular flexibility index (Phi) is 4.99. The number of hydrogen-bond acceptors (Lipinski definition) is 2. The molecule has 1 aromatic carbocycles. The standard InChI is InChI=1S/C17H23NO3/c1-11(2)16(17(20)21)18-15(19)10-12-7-8-13-5-3-4-6-14(13)9-12/h7-9,11,16H,3-6,10H2,1-2H3,(H,18,19)(H,20,21). The van der Waals surface area contributed by atoms with E-state index in [1.54, 1.807) is 13.8 Å². The predicted octanol–water partition coefficient (Wildman–Crippen LogP) is 2.33. The topological polar surface area (TPSA) is 66.4 Å². The van der Waals surface area contributed by atoms with Crippen molar-refractivity contribution in [3.63, 3.8) is 0 Å². The number of carboxylic acids is 1. The van der Waals surface area contributed by atoms with Crippen LogP contribution in [0.15, 0.2) is 18.2 Å². The average Bonchev–Trinajstić information content (AvgIpc) is 2.44. The van der Waals surface area contributed by atoms with Gasteiger partial charge < -0.3 is 10.4 Å². The molecule has 2 N–H and O–H groups in total. The number of carbonyl (C=O) groups excluding carboxylic acids is 1. The van der Waals surface area contributed by atoms with Gasteiger partial charge in [-0.2, -0.15) is 0 Å². The molecule has 0 saturated carbocycles. The third kappa shape index (κ3) is 4.06. The van der Waals surface area contributed by atoms with E-state index in [4.69, 9.17) is 5.11 Å². The highest BCUT2D eigenvalue weighted by atomic mass is 16.4. The van der Waals surface area contributed by atoms with E-state index >= 15 is 0 Å². The maximum absolute atomic E-state index is 12.0. The van der Waals surface area contributed by atoms with Gasteiger partial charge in [0.15, 0.2) is 0 Å². The first kappa shape index (κ1) is 15.5. The Balaban J connectivity index is 2.01. The summed E-state index contributed by atoms with van der Waals surface area (Å²) >= 11 is 0. The molecule has 0 heterocycles. The number of hydrogen-bond donors (Lipinski definition) is 2. The lowest BCUT2D eigenvalue weighted by molar-refractivity contribution is -0.143. The second kappa shape index (κ2) is 6.74. The fourth-order valence-electron chi connectivity index (χ4n) is 2.82. The molecule has 0 saturated heterocycles. The Morgan fingerprint density at radius 1 is 1.19 bits per heavy atom. The molecule has 0 bridgehead atoms. The summed E-state index contributed by atoms with van der Waals surface area (Å²) in [5.41, 5.74) is 3.68. The maximum Gasteiger partial charge on any atom is 0.326 e. The van der Waals surface area contributed by atoms with E-state index in [9.17, 15) is 9.59 Å². The van der Waals surface area contributed by atoms with Gasteiger partial charge >= 0.3 is 5.97 Å². The number of carboxylic acid groups (broad SMARTS) is 1. The predicted molar refractivity (Wildman–Crippen MR) is 81.2 cm³/mol. The number of aliphatic carboxylic acids is 1. The number of fused-ring (bicyclic) bond motifs is 1. The van der Waals surface area contributed by atoms with Crippen molar-refractivity contribution in [2.45, 2.75) is 52.0 Å². The number of rotatable bonds is 5. The van der Waals surface area contributed by atoms with Crippen molar-refractivity contribution in [1.82, 2.24) is 5.32 Å². The molecule has 21 heavy (non-hydrogen) atoms. The van der Waals surface area contributed by atoms with Crippen LogP contribution in [0.5, 0.6) is 0 Å². The van der Waals surface area contributed by atoms with Crippen LogP contribution >= 0.6 is 0 Å². The van der Waals surface area contributed by atoms with Crippen LogP contribution in [0.3, 0.4) is 0 Å². The SMILES string of the molecule is CC(C)C(NC(=O)Cc1ccc2c(c1)CCCC2)C(=O)O. The van der Waals surface area contributed by atoms with Crippen molar-refractivity contribution in [2.75, 3.05) is 0 Å². The normalized spacial score (nSPS) is 15.4. The lowest BCUT2D eigenvalue weighted by Crippen LogP contribution is -2.44. The second-order valence-electron chi connectivity index (χ2n) is 6.11. The molecule has 0 aromatic heterocycles. The van der Waals surface area contributed by atoms with Gasteiger partial charge in [0, 0.05) is 0 Å². The van der Waals surface area contributed by atoms with E-state index in [0.717, 1.165) is 18.4 Å². The summed E-state index contributed by atoms with van der Waals surface area (Å²) < 4.78 is 0. The number of amides is 1. The number of carbonyl (C=O) groups is 2. The highest BCUT2D eigenvalue weighted by Crippen LogP contribution is 2.22. The molecular formula is C17H23NO3. The molecule has 1 aliphatic carbocycles. The maximum atomic E-state index is 12.0. The average molecular weight is 289 g/mol. The van der Waals surface area contributed by atoms with Crippen LogP contribution in [0.1, 0.15) is 43.4 Å². The van der Waals surface area contributed by atoms with E-state index in [0.29, 0.717) is 0 Å². The molecule has 0 spiro atoms. The number of nitrogens with one attached hydrogen (secondary N) is 1. The molecule has 1 atom stereocenters. The molecule has 1 unspecified atom stereocenters. The molecule has 1 amide bonds. The van der Waals surface area contributed by atoms with Gasteiger partial charge in [0.25, 0.3) is 0 Å². The molecule has 0 aliphatic heterocycles. The Morgan fingerprint density at radius 3 is 2.48 bits per heavy atom. The quantitative estimate of drug-likeness (QED) is 0.874. The van der Waals surface area contributed by atoms with Crippen LogP contribution in [0, 0.1) is 5.92 Å². The van der Waals surface area contributed by atoms with Gasteiger partial charge in [0.2, 0.25) is 5.91 Å². The van der Waals surface area contributed by atoms with Gasteiger partial charge in [0.1, 0.15) is 6.04 Å². The van der Waals surface area contributed by atoms with E-state index in [-0.39, 0.29) is 18.2 Å². The fourth-order valence-corrected chi connectivity index (χ4v) is 2.82. The summed E-state index contributed by atoms with van der Waals surface area (Å²) in [6, 6.07) is 5.36. The molecule has 0 radical (unpaired) electrons. The van der Waals surface area contributed by atoms with Crippen LogP contribution in [-0.2, 0) is 28.9 Å². The Hall–Kier alpha value is -1.84. The van der Waals surface area contributed by atoms with Crippen molar-refractivity contribution in [3.8, 4) is 0 Å². The fraction of sp³-hybridized carbons (Fsp3) is 0.529. The first-order valence-electron chi connectivity index (χ1n) is 7.60. The zero-order valence-corrected chi connectivity index (χ0v) is 12.7.